The fraction of sp³-hybridized carbons (Fsp3) is 0. The van der Waals surface area contributed by atoms with Crippen molar-refractivity contribution >= 4 is 11.6 Å². The molecule has 0 aliphatic carbocycles. The highest BCUT2D eigenvalue weighted by atomic mass is 16.1. The Kier molecular flexibility index (Phi) is 3.28. The molecule has 6 heteroatoms. The number of primary amides is 1. The van der Waals surface area contributed by atoms with Gasteiger partial charge in [-0.15, -0.1) is 0 Å². The molecule has 0 aliphatic heterocycles. The first-order valence-corrected chi connectivity index (χ1v) is 7.38. The highest BCUT2D eigenvalue weighted by Gasteiger charge is 2.12. The Morgan fingerprint density at radius 2 is 1.88 bits per heavy atom. The molecule has 2 N–H and O–H groups in total. The van der Waals surface area contributed by atoms with Crippen molar-refractivity contribution in [1.82, 2.24) is 19.6 Å². The van der Waals surface area contributed by atoms with Crippen molar-refractivity contribution < 1.29 is 4.79 Å². The molecule has 0 radical (unpaired) electrons. The van der Waals surface area contributed by atoms with Crippen molar-refractivity contribution in [1.29, 1.82) is 0 Å². The summed E-state index contributed by atoms with van der Waals surface area (Å²) in [7, 11) is 0. The number of pyridine rings is 1. The average Bonchev–Trinajstić information content (AvgIpc) is 3.05. The predicted octanol–water partition coefficient (Wildman–Crippen LogP) is 2.56. The maximum absolute atomic E-state index is 11.4. The number of aromatic nitrogens is 4. The summed E-state index contributed by atoms with van der Waals surface area (Å²) < 4.78 is 1.68. The molecule has 6 nitrogen and oxygen atoms in total. The Labute approximate surface area is 137 Å². The Hall–Kier alpha value is -3.54. The van der Waals surface area contributed by atoms with E-state index < -0.39 is 5.91 Å². The van der Waals surface area contributed by atoms with Gasteiger partial charge in [-0.3, -0.25) is 9.78 Å². The number of carbonyl (C=O) groups is 1. The predicted molar refractivity (Wildman–Crippen MR) is 90.2 cm³/mol. The van der Waals surface area contributed by atoms with Crippen LogP contribution in [0.25, 0.3) is 28.2 Å². The van der Waals surface area contributed by atoms with Gasteiger partial charge in [0.25, 0.3) is 0 Å². The van der Waals surface area contributed by atoms with Gasteiger partial charge in [0.15, 0.2) is 5.65 Å². The van der Waals surface area contributed by atoms with Crippen LogP contribution in [-0.2, 0) is 0 Å². The topological polar surface area (TPSA) is 86.2 Å². The SMILES string of the molecule is NC(=O)c1ccnc(-c2cnn3ccc(-c4ccccc4)nc23)c1. The Balaban J connectivity index is 1.88. The fourth-order valence-electron chi connectivity index (χ4n) is 2.55. The smallest absolute Gasteiger partial charge is 0.248 e. The third-order valence-electron chi connectivity index (χ3n) is 3.76. The summed E-state index contributed by atoms with van der Waals surface area (Å²) >= 11 is 0. The third-order valence-corrected chi connectivity index (χ3v) is 3.76. The van der Waals surface area contributed by atoms with Crippen molar-refractivity contribution in [3.8, 4) is 22.5 Å². The van der Waals surface area contributed by atoms with Gasteiger partial charge in [-0.25, -0.2) is 9.50 Å². The van der Waals surface area contributed by atoms with Crippen LogP contribution in [0.5, 0.6) is 0 Å². The molecule has 24 heavy (non-hydrogen) atoms. The van der Waals surface area contributed by atoms with Crippen LogP contribution in [0.2, 0.25) is 0 Å². The van der Waals surface area contributed by atoms with Gasteiger partial charge in [0.1, 0.15) is 0 Å². The quantitative estimate of drug-likeness (QED) is 0.629. The first kappa shape index (κ1) is 14.1. The van der Waals surface area contributed by atoms with Gasteiger partial charge in [0.2, 0.25) is 5.91 Å². The highest BCUT2D eigenvalue weighted by Crippen LogP contribution is 2.24. The molecule has 4 rings (SSSR count). The van der Waals surface area contributed by atoms with E-state index >= 15 is 0 Å². The van der Waals surface area contributed by atoms with E-state index in [4.69, 9.17) is 10.7 Å². The molecule has 1 aromatic carbocycles. The molecule has 116 valence electrons. The number of nitrogens with two attached hydrogens (primary N) is 1. The standard InChI is InChI=1S/C18H13N5O/c19-17(24)13-6-8-20-16(10-13)14-11-21-23-9-7-15(22-18(14)23)12-4-2-1-3-5-12/h1-11H,(H2,19,24). The lowest BCUT2D eigenvalue weighted by Crippen LogP contribution is -2.10. The molecule has 0 spiro atoms. The van der Waals surface area contributed by atoms with Crippen molar-refractivity contribution in [2.45, 2.75) is 0 Å². The minimum atomic E-state index is -0.493. The summed E-state index contributed by atoms with van der Waals surface area (Å²) in [6, 6.07) is 15.0. The molecular formula is C18H13N5O. The molecule has 0 fully saturated rings. The second-order valence-corrected chi connectivity index (χ2v) is 5.30. The average molecular weight is 315 g/mol. The van der Waals surface area contributed by atoms with E-state index in [1.807, 2.05) is 42.6 Å². The van der Waals surface area contributed by atoms with Gasteiger partial charge in [0, 0.05) is 23.5 Å². The lowest BCUT2D eigenvalue weighted by molar-refractivity contribution is 0.1000. The largest absolute Gasteiger partial charge is 0.366 e. The van der Waals surface area contributed by atoms with Gasteiger partial charge in [0.05, 0.1) is 23.1 Å². The monoisotopic (exact) mass is 315 g/mol. The second-order valence-electron chi connectivity index (χ2n) is 5.30. The van der Waals surface area contributed by atoms with Crippen LogP contribution < -0.4 is 5.73 Å². The number of rotatable bonds is 3. The molecule has 0 unspecified atom stereocenters. The first-order valence-electron chi connectivity index (χ1n) is 7.38. The van der Waals surface area contributed by atoms with E-state index in [9.17, 15) is 4.79 Å². The maximum atomic E-state index is 11.4. The number of amides is 1. The van der Waals surface area contributed by atoms with Crippen LogP contribution in [0, 0.1) is 0 Å². The maximum Gasteiger partial charge on any atom is 0.248 e. The van der Waals surface area contributed by atoms with Crippen LogP contribution in [0.15, 0.2) is 67.1 Å². The molecule has 0 bridgehead atoms. The highest BCUT2D eigenvalue weighted by molar-refractivity contribution is 5.94. The Morgan fingerprint density at radius 3 is 2.67 bits per heavy atom. The lowest BCUT2D eigenvalue weighted by atomic mass is 10.1. The summed E-state index contributed by atoms with van der Waals surface area (Å²) in [5, 5.41) is 4.30. The normalized spacial score (nSPS) is 10.8. The zero-order chi connectivity index (χ0) is 16.5. The number of nitrogens with zero attached hydrogens (tertiary/aromatic N) is 4. The van der Waals surface area contributed by atoms with Gasteiger partial charge in [-0.2, -0.15) is 5.10 Å². The third kappa shape index (κ3) is 2.40. The molecule has 0 saturated heterocycles. The molecule has 0 saturated carbocycles. The minimum absolute atomic E-state index is 0.401. The van der Waals surface area contributed by atoms with Gasteiger partial charge >= 0.3 is 0 Å². The van der Waals surface area contributed by atoms with Crippen LogP contribution >= 0.6 is 0 Å². The Bertz CT molecular complexity index is 1040. The fourth-order valence-corrected chi connectivity index (χ4v) is 2.55. The minimum Gasteiger partial charge on any atom is -0.366 e. The molecule has 3 heterocycles. The van der Waals surface area contributed by atoms with E-state index in [1.54, 1.807) is 29.0 Å². The van der Waals surface area contributed by atoms with Crippen molar-refractivity contribution in [2.24, 2.45) is 5.73 Å². The summed E-state index contributed by atoms with van der Waals surface area (Å²) in [5.74, 6) is -0.493. The van der Waals surface area contributed by atoms with E-state index in [0.29, 0.717) is 16.9 Å². The summed E-state index contributed by atoms with van der Waals surface area (Å²) in [6.07, 6.45) is 5.09. The van der Waals surface area contributed by atoms with Gasteiger partial charge in [-0.05, 0) is 18.2 Å². The van der Waals surface area contributed by atoms with E-state index in [2.05, 4.69) is 10.1 Å². The Morgan fingerprint density at radius 1 is 1.04 bits per heavy atom. The summed E-state index contributed by atoms with van der Waals surface area (Å²) in [5.41, 5.74) is 9.64. The number of fused-ring (bicyclic) bond motifs is 1. The van der Waals surface area contributed by atoms with Crippen molar-refractivity contribution in [3.05, 3.63) is 72.7 Å². The molecule has 4 aromatic rings. The van der Waals surface area contributed by atoms with Crippen molar-refractivity contribution in [3.63, 3.8) is 0 Å². The van der Waals surface area contributed by atoms with E-state index in [1.165, 1.54) is 0 Å². The number of hydrogen-bond donors (Lipinski definition) is 1. The second kappa shape index (κ2) is 5.58. The number of hydrogen-bond acceptors (Lipinski definition) is 4. The van der Waals surface area contributed by atoms with E-state index in [0.717, 1.165) is 16.8 Å². The zero-order valence-electron chi connectivity index (χ0n) is 12.6. The molecule has 3 aromatic heterocycles. The van der Waals surface area contributed by atoms with Crippen molar-refractivity contribution in [2.75, 3.05) is 0 Å². The summed E-state index contributed by atoms with van der Waals surface area (Å²) in [4.78, 5) is 20.4. The molecule has 0 atom stereocenters. The number of carbonyl (C=O) groups excluding carboxylic acids is 1. The van der Waals surface area contributed by atoms with Crippen LogP contribution in [0.1, 0.15) is 10.4 Å². The van der Waals surface area contributed by atoms with Gasteiger partial charge in [-0.1, -0.05) is 30.3 Å². The zero-order valence-corrected chi connectivity index (χ0v) is 12.6. The summed E-state index contributed by atoms with van der Waals surface area (Å²) in [6.45, 7) is 0. The van der Waals surface area contributed by atoms with E-state index in [-0.39, 0.29) is 0 Å². The van der Waals surface area contributed by atoms with Crippen LogP contribution in [0.3, 0.4) is 0 Å². The van der Waals surface area contributed by atoms with Gasteiger partial charge < -0.3 is 5.73 Å². The van der Waals surface area contributed by atoms with Crippen LogP contribution in [-0.4, -0.2) is 25.5 Å². The lowest BCUT2D eigenvalue weighted by Gasteiger charge is -2.03. The first-order chi connectivity index (χ1) is 11.7. The molecular weight excluding hydrogens is 302 g/mol. The number of benzene rings is 1. The molecule has 1 amide bonds. The van der Waals surface area contributed by atoms with Crippen LogP contribution in [0.4, 0.5) is 0 Å². The molecule has 0 aliphatic rings.